The first-order chi connectivity index (χ1) is 7.52. The van der Waals surface area contributed by atoms with Crippen LogP contribution in [-0.2, 0) is 11.2 Å². The molecule has 0 bridgehead atoms. The number of nitrogens with one attached hydrogen (secondary N) is 1. The predicted molar refractivity (Wildman–Crippen MR) is 66.4 cm³/mol. The van der Waals surface area contributed by atoms with Crippen LogP contribution in [0.1, 0.15) is 22.3 Å². The summed E-state index contributed by atoms with van der Waals surface area (Å²) < 4.78 is 0. The van der Waals surface area contributed by atoms with Crippen molar-refractivity contribution >= 4 is 5.91 Å². The lowest BCUT2D eigenvalue weighted by Gasteiger charge is -2.11. The van der Waals surface area contributed by atoms with Gasteiger partial charge in [0.1, 0.15) is 0 Å². The molecular weight excluding hydrogens is 200 g/mol. The molecule has 0 fully saturated rings. The van der Waals surface area contributed by atoms with Gasteiger partial charge in [0.2, 0.25) is 5.91 Å². The molecule has 0 spiro atoms. The number of rotatable bonds is 5. The third-order valence-corrected chi connectivity index (χ3v) is 3.04. The zero-order chi connectivity index (χ0) is 12.1. The molecule has 0 aliphatic rings. The van der Waals surface area contributed by atoms with Crippen molar-refractivity contribution in [2.24, 2.45) is 5.73 Å². The highest BCUT2D eigenvalue weighted by Gasteiger charge is 2.03. The molecule has 0 saturated carbocycles. The van der Waals surface area contributed by atoms with Crippen molar-refractivity contribution in [3.05, 3.63) is 34.4 Å². The Balaban J connectivity index is 2.55. The number of carbonyl (C=O) groups excluding carboxylic acids is 1. The molecule has 1 aromatic rings. The van der Waals surface area contributed by atoms with Crippen molar-refractivity contribution < 1.29 is 4.79 Å². The minimum absolute atomic E-state index is 0.254. The second-order valence-corrected chi connectivity index (χ2v) is 4.18. The first-order valence-corrected chi connectivity index (χ1v) is 5.57. The number of hydrogen-bond acceptors (Lipinski definition) is 2. The average molecular weight is 220 g/mol. The Hall–Kier alpha value is -1.35. The van der Waals surface area contributed by atoms with E-state index in [1.165, 1.54) is 22.3 Å². The lowest BCUT2D eigenvalue weighted by Crippen LogP contribution is -2.30. The monoisotopic (exact) mass is 220 g/mol. The topological polar surface area (TPSA) is 55.1 Å². The van der Waals surface area contributed by atoms with Crippen LogP contribution < -0.4 is 11.1 Å². The van der Waals surface area contributed by atoms with Crippen molar-refractivity contribution in [2.45, 2.75) is 27.2 Å². The van der Waals surface area contributed by atoms with Gasteiger partial charge in [-0.1, -0.05) is 12.1 Å². The normalized spacial score (nSPS) is 10.4. The number of nitrogens with two attached hydrogens (primary N) is 1. The Morgan fingerprint density at radius 1 is 1.25 bits per heavy atom. The first-order valence-electron chi connectivity index (χ1n) is 5.57. The summed E-state index contributed by atoms with van der Waals surface area (Å²) in [5.74, 6) is -0.309. The van der Waals surface area contributed by atoms with Crippen molar-refractivity contribution in [1.82, 2.24) is 5.32 Å². The van der Waals surface area contributed by atoms with E-state index in [1.54, 1.807) is 0 Å². The van der Waals surface area contributed by atoms with Gasteiger partial charge in [-0.25, -0.2) is 0 Å². The molecule has 1 rings (SSSR count). The van der Waals surface area contributed by atoms with Crippen LogP contribution in [0.4, 0.5) is 0 Å². The van der Waals surface area contributed by atoms with E-state index in [2.05, 4.69) is 38.2 Å². The first kappa shape index (κ1) is 12.7. The second kappa shape index (κ2) is 5.66. The number of hydrogen-bond donors (Lipinski definition) is 2. The summed E-state index contributed by atoms with van der Waals surface area (Å²) in [5.41, 5.74) is 10.4. The maximum atomic E-state index is 10.5. The highest BCUT2D eigenvalue weighted by Crippen LogP contribution is 2.17. The van der Waals surface area contributed by atoms with Gasteiger partial charge in [-0.2, -0.15) is 0 Å². The molecule has 3 heteroatoms. The van der Waals surface area contributed by atoms with E-state index in [0.29, 0.717) is 0 Å². The van der Waals surface area contributed by atoms with Gasteiger partial charge in [0.05, 0.1) is 6.54 Å². The fourth-order valence-electron chi connectivity index (χ4n) is 1.72. The van der Waals surface area contributed by atoms with Crippen LogP contribution in [0, 0.1) is 20.8 Å². The molecule has 1 aromatic carbocycles. The van der Waals surface area contributed by atoms with E-state index in [9.17, 15) is 4.79 Å². The Kier molecular flexibility index (Phi) is 4.50. The van der Waals surface area contributed by atoms with Crippen molar-refractivity contribution in [3.8, 4) is 0 Å². The molecule has 0 unspecified atom stereocenters. The summed E-state index contributed by atoms with van der Waals surface area (Å²) in [7, 11) is 0. The predicted octanol–water partition coefficient (Wildman–Crippen LogP) is 1.23. The lowest BCUT2D eigenvalue weighted by molar-refractivity contribution is -0.117. The van der Waals surface area contributed by atoms with E-state index in [1.807, 2.05) is 0 Å². The quantitative estimate of drug-likeness (QED) is 0.733. The zero-order valence-corrected chi connectivity index (χ0v) is 10.3. The number of primary amides is 1. The van der Waals surface area contributed by atoms with Crippen LogP contribution in [0.3, 0.4) is 0 Å². The standard InChI is InChI=1S/C13H20N2O/c1-9-4-5-12(11(3)10(9)2)6-7-15-8-13(14)16/h4-5,15H,6-8H2,1-3H3,(H2,14,16). The van der Waals surface area contributed by atoms with Gasteiger partial charge in [-0.05, 0) is 56.0 Å². The minimum Gasteiger partial charge on any atom is -0.369 e. The van der Waals surface area contributed by atoms with Gasteiger partial charge >= 0.3 is 0 Å². The maximum absolute atomic E-state index is 10.5. The molecule has 3 nitrogen and oxygen atoms in total. The number of amides is 1. The van der Waals surface area contributed by atoms with Crippen LogP contribution in [0.5, 0.6) is 0 Å². The Labute approximate surface area is 97.0 Å². The van der Waals surface area contributed by atoms with E-state index in [-0.39, 0.29) is 12.5 Å². The summed E-state index contributed by atoms with van der Waals surface area (Å²) >= 11 is 0. The summed E-state index contributed by atoms with van der Waals surface area (Å²) in [4.78, 5) is 10.5. The highest BCUT2D eigenvalue weighted by molar-refractivity contribution is 5.75. The van der Waals surface area contributed by atoms with Gasteiger partial charge in [-0.15, -0.1) is 0 Å². The van der Waals surface area contributed by atoms with Crippen LogP contribution in [0.25, 0.3) is 0 Å². The van der Waals surface area contributed by atoms with E-state index >= 15 is 0 Å². The molecular formula is C13H20N2O. The third kappa shape index (κ3) is 3.35. The highest BCUT2D eigenvalue weighted by atomic mass is 16.1. The van der Waals surface area contributed by atoms with Gasteiger partial charge in [0, 0.05) is 0 Å². The van der Waals surface area contributed by atoms with Crippen molar-refractivity contribution in [1.29, 1.82) is 0 Å². The molecule has 0 atom stereocenters. The fourth-order valence-corrected chi connectivity index (χ4v) is 1.72. The molecule has 0 aliphatic heterocycles. The van der Waals surface area contributed by atoms with Crippen LogP contribution in [0.2, 0.25) is 0 Å². The third-order valence-electron chi connectivity index (χ3n) is 3.04. The maximum Gasteiger partial charge on any atom is 0.231 e. The molecule has 88 valence electrons. The summed E-state index contributed by atoms with van der Waals surface area (Å²) in [6, 6.07) is 4.30. The summed E-state index contributed by atoms with van der Waals surface area (Å²) in [5, 5.41) is 3.02. The second-order valence-electron chi connectivity index (χ2n) is 4.18. The summed E-state index contributed by atoms with van der Waals surface area (Å²) in [6.45, 7) is 7.45. The van der Waals surface area contributed by atoms with Crippen LogP contribution in [-0.4, -0.2) is 19.0 Å². The van der Waals surface area contributed by atoms with Crippen LogP contribution in [0.15, 0.2) is 12.1 Å². The average Bonchev–Trinajstić information content (AvgIpc) is 2.23. The molecule has 1 amide bonds. The van der Waals surface area contributed by atoms with Gasteiger partial charge in [-0.3, -0.25) is 4.79 Å². The molecule has 0 heterocycles. The van der Waals surface area contributed by atoms with Crippen LogP contribution >= 0.6 is 0 Å². The number of aryl methyl sites for hydroxylation is 1. The molecule has 0 aliphatic carbocycles. The molecule has 0 aromatic heterocycles. The van der Waals surface area contributed by atoms with Gasteiger partial charge in [0.15, 0.2) is 0 Å². The molecule has 3 N–H and O–H groups in total. The molecule has 0 radical (unpaired) electrons. The fraction of sp³-hybridized carbons (Fsp3) is 0.462. The largest absolute Gasteiger partial charge is 0.369 e. The van der Waals surface area contributed by atoms with Crippen molar-refractivity contribution in [2.75, 3.05) is 13.1 Å². The van der Waals surface area contributed by atoms with Gasteiger partial charge < -0.3 is 11.1 Å². The smallest absolute Gasteiger partial charge is 0.231 e. The number of benzene rings is 1. The zero-order valence-electron chi connectivity index (χ0n) is 10.3. The van der Waals surface area contributed by atoms with Gasteiger partial charge in [0.25, 0.3) is 0 Å². The van der Waals surface area contributed by atoms with E-state index in [4.69, 9.17) is 5.73 Å². The van der Waals surface area contributed by atoms with E-state index in [0.717, 1.165) is 13.0 Å². The molecule has 16 heavy (non-hydrogen) atoms. The SMILES string of the molecule is Cc1ccc(CCNCC(N)=O)c(C)c1C. The Bertz CT molecular complexity index is 386. The Morgan fingerprint density at radius 3 is 2.56 bits per heavy atom. The summed E-state index contributed by atoms with van der Waals surface area (Å²) in [6.07, 6.45) is 0.931. The lowest BCUT2D eigenvalue weighted by atomic mass is 9.97. The van der Waals surface area contributed by atoms with Crippen molar-refractivity contribution in [3.63, 3.8) is 0 Å². The number of carbonyl (C=O) groups is 1. The van der Waals surface area contributed by atoms with E-state index < -0.39 is 0 Å². The molecule has 0 saturated heterocycles. The minimum atomic E-state index is -0.309. The Morgan fingerprint density at radius 2 is 1.94 bits per heavy atom.